The Hall–Kier alpha value is -2.83. The molecule has 2 N–H and O–H groups in total. The summed E-state index contributed by atoms with van der Waals surface area (Å²) in [6.07, 6.45) is 3.66. The third-order valence-corrected chi connectivity index (χ3v) is 3.79. The molecule has 1 heterocycles. The van der Waals surface area contributed by atoms with E-state index < -0.39 is 0 Å². The van der Waals surface area contributed by atoms with Crippen LogP contribution < -0.4 is 15.4 Å². The molecule has 3 rings (SSSR count). The minimum atomic E-state index is -0.347. The standard InChI is InChI=1S/C17H19N3O4/c1-23-14-5-3-2-4-11(14)8-9-18-16(22)13-10-24-17(19-13)20-15(21)12-6-7-12/h2-5,10,12H,6-9H2,1H3,(H,18,22)(H,19,20,21). The zero-order valence-corrected chi connectivity index (χ0v) is 13.4. The van der Waals surface area contributed by atoms with Gasteiger partial charge in [0.2, 0.25) is 5.91 Å². The molecule has 2 aromatic rings. The second-order valence-electron chi connectivity index (χ2n) is 5.62. The van der Waals surface area contributed by atoms with E-state index in [0.29, 0.717) is 13.0 Å². The molecule has 0 aliphatic heterocycles. The average Bonchev–Trinajstić information content (AvgIpc) is 3.35. The smallest absolute Gasteiger partial charge is 0.302 e. The lowest BCUT2D eigenvalue weighted by molar-refractivity contribution is -0.117. The molecule has 0 spiro atoms. The summed E-state index contributed by atoms with van der Waals surface area (Å²) in [4.78, 5) is 27.7. The van der Waals surface area contributed by atoms with E-state index in [1.54, 1.807) is 7.11 Å². The lowest BCUT2D eigenvalue weighted by atomic mass is 10.1. The molecule has 1 aromatic heterocycles. The van der Waals surface area contributed by atoms with Gasteiger partial charge in [0.05, 0.1) is 7.11 Å². The maximum absolute atomic E-state index is 12.1. The van der Waals surface area contributed by atoms with Crippen molar-refractivity contribution >= 4 is 17.8 Å². The number of methoxy groups -OCH3 is 1. The van der Waals surface area contributed by atoms with E-state index in [-0.39, 0.29) is 29.4 Å². The average molecular weight is 329 g/mol. The quantitative estimate of drug-likeness (QED) is 0.810. The van der Waals surface area contributed by atoms with E-state index in [1.165, 1.54) is 6.26 Å². The van der Waals surface area contributed by atoms with Gasteiger partial charge in [0.1, 0.15) is 12.0 Å². The van der Waals surface area contributed by atoms with E-state index in [1.807, 2.05) is 24.3 Å². The number of para-hydroxylation sites is 1. The minimum Gasteiger partial charge on any atom is -0.496 e. The van der Waals surface area contributed by atoms with E-state index in [9.17, 15) is 9.59 Å². The molecule has 1 fully saturated rings. The van der Waals surface area contributed by atoms with Crippen LogP contribution in [0.2, 0.25) is 0 Å². The van der Waals surface area contributed by atoms with Crippen molar-refractivity contribution < 1.29 is 18.7 Å². The Balaban J connectivity index is 1.50. The number of hydrogen-bond donors (Lipinski definition) is 2. The number of carbonyl (C=O) groups excluding carboxylic acids is 2. The van der Waals surface area contributed by atoms with Crippen LogP contribution in [-0.4, -0.2) is 30.5 Å². The van der Waals surface area contributed by atoms with Gasteiger partial charge in [-0.1, -0.05) is 18.2 Å². The van der Waals surface area contributed by atoms with Crippen LogP contribution in [0.1, 0.15) is 28.9 Å². The molecule has 0 unspecified atom stereocenters. The Bertz CT molecular complexity index is 737. The van der Waals surface area contributed by atoms with Gasteiger partial charge >= 0.3 is 6.01 Å². The molecule has 1 aliphatic carbocycles. The van der Waals surface area contributed by atoms with Crippen LogP contribution in [0, 0.1) is 5.92 Å². The second kappa shape index (κ2) is 7.16. The zero-order chi connectivity index (χ0) is 16.9. The van der Waals surface area contributed by atoms with Crippen molar-refractivity contribution in [2.75, 3.05) is 19.0 Å². The molecule has 126 valence electrons. The maximum atomic E-state index is 12.1. The predicted molar refractivity (Wildman–Crippen MR) is 86.9 cm³/mol. The van der Waals surface area contributed by atoms with Crippen LogP contribution in [0.25, 0.3) is 0 Å². The Morgan fingerprint density at radius 3 is 2.88 bits per heavy atom. The molecule has 0 radical (unpaired) electrons. The summed E-state index contributed by atoms with van der Waals surface area (Å²) >= 11 is 0. The van der Waals surface area contributed by atoms with Gasteiger partial charge in [-0.15, -0.1) is 0 Å². The highest BCUT2D eigenvalue weighted by Crippen LogP contribution is 2.30. The molecule has 7 nitrogen and oxygen atoms in total. The summed E-state index contributed by atoms with van der Waals surface area (Å²) in [5, 5.41) is 5.33. The molecule has 0 saturated heterocycles. The van der Waals surface area contributed by atoms with Gasteiger partial charge in [-0.3, -0.25) is 14.9 Å². The molecule has 1 saturated carbocycles. The van der Waals surface area contributed by atoms with Crippen LogP contribution in [0.5, 0.6) is 5.75 Å². The Kier molecular flexibility index (Phi) is 4.79. The number of anilines is 1. The summed E-state index contributed by atoms with van der Waals surface area (Å²) in [5.74, 6) is 0.383. The molecule has 0 atom stereocenters. The van der Waals surface area contributed by atoms with Gasteiger partial charge in [-0.25, -0.2) is 0 Å². The van der Waals surface area contributed by atoms with Gasteiger partial charge < -0.3 is 14.5 Å². The van der Waals surface area contributed by atoms with Crippen LogP contribution in [0.15, 0.2) is 34.9 Å². The van der Waals surface area contributed by atoms with Crippen molar-refractivity contribution in [3.8, 4) is 5.75 Å². The van der Waals surface area contributed by atoms with Gasteiger partial charge in [-0.05, 0) is 30.9 Å². The number of ether oxygens (including phenoxy) is 1. The molecule has 1 aromatic carbocycles. The molecule has 7 heteroatoms. The fourth-order valence-electron chi connectivity index (χ4n) is 2.30. The SMILES string of the molecule is COc1ccccc1CCNC(=O)c1coc(NC(=O)C2CC2)n1. The molecule has 1 aliphatic rings. The highest BCUT2D eigenvalue weighted by atomic mass is 16.5. The van der Waals surface area contributed by atoms with Gasteiger partial charge in [0.15, 0.2) is 5.69 Å². The summed E-state index contributed by atoms with van der Waals surface area (Å²) in [6.45, 7) is 0.440. The summed E-state index contributed by atoms with van der Waals surface area (Å²) in [5.41, 5.74) is 1.15. The molecular weight excluding hydrogens is 310 g/mol. The summed E-state index contributed by atoms with van der Waals surface area (Å²) in [7, 11) is 1.62. The lowest BCUT2D eigenvalue weighted by Gasteiger charge is -2.08. The topological polar surface area (TPSA) is 93.5 Å². The zero-order valence-electron chi connectivity index (χ0n) is 13.4. The number of benzene rings is 1. The lowest BCUT2D eigenvalue weighted by Crippen LogP contribution is -2.26. The van der Waals surface area contributed by atoms with Crippen molar-refractivity contribution in [2.45, 2.75) is 19.3 Å². The Labute approximate surface area is 139 Å². The predicted octanol–water partition coefficient (Wildman–Crippen LogP) is 2.00. The fourth-order valence-corrected chi connectivity index (χ4v) is 2.30. The van der Waals surface area contributed by atoms with Gasteiger partial charge in [-0.2, -0.15) is 4.98 Å². The van der Waals surface area contributed by atoms with Crippen LogP contribution in [-0.2, 0) is 11.2 Å². The van der Waals surface area contributed by atoms with Gasteiger partial charge in [0, 0.05) is 12.5 Å². The molecule has 2 amide bonds. The number of carbonyl (C=O) groups is 2. The summed E-state index contributed by atoms with van der Waals surface area (Å²) < 4.78 is 10.4. The van der Waals surface area contributed by atoms with Crippen molar-refractivity contribution in [1.29, 1.82) is 0 Å². The number of amides is 2. The number of rotatable bonds is 7. The number of nitrogens with one attached hydrogen (secondary N) is 2. The second-order valence-corrected chi connectivity index (χ2v) is 5.62. The van der Waals surface area contributed by atoms with E-state index >= 15 is 0 Å². The number of oxazole rings is 1. The largest absolute Gasteiger partial charge is 0.496 e. The number of hydrogen-bond acceptors (Lipinski definition) is 5. The molecular formula is C17H19N3O4. The van der Waals surface area contributed by atoms with Crippen molar-refractivity contribution in [3.63, 3.8) is 0 Å². The third kappa shape index (κ3) is 3.92. The van der Waals surface area contributed by atoms with Crippen molar-refractivity contribution in [3.05, 3.63) is 41.8 Å². The van der Waals surface area contributed by atoms with E-state index in [0.717, 1.165) is 24.2 Å². The normalized spacial score (nSPS) is 13.4. The van der Waals surface area contributed by atoms with Crippen LogP contribution >= 0.6 is 0 Å². The minimum absolute atomic E-state index is 0.0510. The Morgan fingerprint density at radius 1 is 1.33 bits per heavy atom. The third-order valence-electron chi connectivity index (χ3n) is 3.79. The maximum Gasteiger partial charge on any atom is 0.302 e. The highest BCUT2D eigenvalue weighted by Gasteiger charge is 2.30. The summed E-state index contributed by atoms with van der Waals surface area (Å²) in [6, 6.07) is 7.71. The van der Waals surface area contributed by atoms with Crippen LogP contribution in [0.4, 0.5) is 6.01 Å². The fraction of sp³-hybridized carbons (Fsp3) is 0.353. The monoisotopic (exact) mass is 329 g/mol. The van der Waals surface area contributed by atoms with Crippen molar-refractivity contribution in [2.24, 2.45) is 5.92 Å². The van der Waals surface area contributed by atoms with E-state index in [2.05, 4.69) is 15.6 Å². The number of aromatic nitrogens is 1. The Morgan fingerprint density at radius 2 is 2.12 bits per heavy atom. The highest BCUT2D eigenvalue weighted by molar-refractivity contribution is 5.94. The molecule has 24 heavy (non-hydrogen) atoms. The first kappa shape index (κ1) is 16.0. The number of nitrogens with zero attached hydrogens (tertiary/aromatic N) is 1. The van der Waals surface area contributed by atoms with Crippen molar-refractivity contribution in [1.82, 2.24) is 10.3 Å². The van der Waals surface area contributed by atoms with E-state index in [4.69, 9.17) is 9.15 Å². The first-order valence-corrected chi connectivity index (χ1v) is 7.84. The van der Waals surface area contributed by atoms with Crippen LogP contribution in [0.3, 0.4) is 0 Å². The molecule has 0 bridgehead atoms. The van der Waals surface area contributed by atoms with Gasteiger partial charge in [0.25, 0.3) is 5.91 Å². The first-order valence-electron chi connectivity index (χ1n) is 7.84. The first-order chi connectivity index (χ1) is 11.7.